The summed E-state index contributed by atoms with van der Waals surface area (Å²) >= 11 is 0. The summed E-state index contributed by atoms with van der Waals surface area (Å²) in [6.45, 7) is 4.44. The minimum absolute atomic E-state index is 0.0173. The summed E-state index contributed by atoms with van der Waals surface area (Å²) < 4.78 is 17.8. The highest BCUT2D eigenvalue weighted by atomic mass is 19.1. The van der Waals surface area contributed by atoms with Crippen LogP contribution in [0.5, 0.6) is 0 Å². The number of hydrogen-bond acceptors (Lipinski definition) is 3. The van der Waals surface area contributed by atoms with Crippen LogP contribution >= 0.6 is 0 Å². The van der Waals surface area contributed by atoms with Crippen molar-refractivity contribution in [3.05, 3.63) is 29.8 Å². The molecule has 0 saturated heterocycles. The predicted molar refractivity (Wildman–Crippen MR) is 58.5 cm³/mol. The largest absolute Gasteiger partial charge is 0.461 e. The molecular formula is C12H16FNO2. The zero-order valence-electron chi connectivity index (χ0n) is 9.57. The average Bonchev–Trinajstić information content (AvgIpc) is 2.26. The number of rotatable bonds is 5. The number of halogens is 1. The predicted octanol–water partition coefficient (Wildman–Crippen LogP) is 2.81. The van der Waals surface area contributed by atoms with E-state index in [1.165, 1.54) is 18.2 Å². The molecule has 3 nitrogen and oxygen atoms in total. The number of esters is 1. The van der Waals surface area contributed by atoms with Gasteiger partial charge < -0.3 is 4.74 Å². The first-order chi connectivity index (χ1) is 7.63. The van der Waals surface area contributed by atoms with Crippen molar-refractivity contribution in [3.63, 3.8) is 0 Å². The van der Waals surface area contributed by atoms with Gasteiger partial charge in [-0.05, 0) is 24.5 Å². The molecular weight excluding hydrogens is 209 g/mol. The highest BCUT2D eigenvalue weighted by molar-refractivity contribution is 5.87. The molecule has 1 rings (SSSR count). The topological polar surface area (TPSA) is 39.2 Å². The molecule has 0 bridgehead atoms. The lowest BCUT2D eigenvalue weighted by Gasteiger charge is -2.10. The van der Waals surface area contributed by atoms with E-state index >= 15 is 0 Å². The molecule has 0 aromatic carbocycles. The highest BCUT2D eigenvalue weighted by Crippen LogP contribution is 2.07. The monoisotopic (exact) mass is 225 g/mol. The van der Waals surface area contributed by atoms with Crippen LogP contribution in [0, 0.1) is 11.9 Å². The van der Waals surface area contributed by atoms with Crippen LogP contribution in [-0.4, -0.2) is 17.6 Å². The van der Waals surface area contributed by atoms with Gasteiger partial charge in [0.15, 0.2) is 5.69 Å². The Morgan fingerprint density at radius 1 is 1.56 bits per heavy atom. The van der Waals surface area contributed by atoms with Crippen LogP contribution in [0.15, 0.2) is 18.2 Å². The number of pyridine rings is 1. The molecule has 16 heavy (non-hydrogen) atoms. The van der Waals surface area contributed by atoms with Gasteiger partial charge in [0.05, 0.1) is 6.61 Å². The fraction of sp³-hybridized carbons (Fsp3) is 0.500. The van der Waals surface area contributed by atoms with Crippen molar-refractivity contribution in [3.8, 4) is 0 Å². The van der Waals surface area contributed by atoms with Gasteiger partial charge in [0.1, 0.15) is 0 Å². The van der Waals surface area contributed by atoms with Crippen molar-refractivity contribution in [1.82, 2.24) is 4.98 Å². The first kappa shape index (κ1) is 12.6. The number of aromatic nitrogens is 1. The molecule has 1 aromatic rings. The quantitative estimate of drug-likeness (QED) is 0.571. The summed E-state index contributed by atoms with van der Waals surface area (Å²) in [5.74, 6) is -0.916. The van der Waals surface area contributed by atoms with Crippen LogP contribution in [0.1, 0.15) is 37.2 Å². The molecule has 0 radical (unpaired) electrons. The van der Waals surface area contributed by atoms with E-state index in [4.69, 9.17) is 4.74 Å². The third kappa shape index (κ3) is 3.96. The van der Waals surface area contributed by atoms with E-state index in [0.29, 0.717) is 12.5 Å². The SMILES string of the molecule is CCCC(C)COC(=O)c1cccc(F)n1. The lowest BCUT2D eigenvalue weighted by Crippen LogP contribution is -2.13. The molecule has 0 spiro atoms. The van der Waals surface area contributed by atoms with Crippen molar-refractivity contribution in [1.29, 1.82) is 0 Å². The summed E-state index contributed by atoms with van der Waals surface area (Å²) in [4.78, 5) is 14.9. The Bertz CT molecular complexity index is 355. The normalized spacial score (nSPS) is 12.2. The van der Waals surface area contributed by atoms with Crippen LogP contribution in [0.4, 0.5) is 4.39 Å². The molecule has 1 atom stereocenters. The summed E-state index contributed by atoms with van der Waals surface area (Å²) in [7, 11) is 0. The summed E-state index contributed by atoms with van der Waals surface area (Å²) in [6.07, 6.45) is 2.06. The van der Waals surface area contributed by atoms with Crippen LogP contribution in [0.2, 0.25) is 0 Å². The second-order valence-electron chi connectivity index (χ2n) is 3.84. The van der Waals surface area contributed by atoms with Gasteiger partial charge >= 0.3 is 5.97 Å². The van der Waals surface area contributed by atoms with Gasteiger partial charge in [-0.1, -0.05) is 26.3 Å². The van der Waals surface area contributed by atoms with E-state index in [1.807, 2.05) is 6.92 Å². The Labute approximate surface area is 94.6 Å². The summed E-state index contributed by atoms with van der Waals surface area (Å²) in [6, 6.07) is 4.07. The number of carbonyl (C=O) groups is 1. The molecule has 0 amide bonds. The molecule has 1 heterocycles. The minimum atomic E-state index is -0.670. The molecule has 0 aliphatic heterocycles. The smallest absolute Gasteiger partial charge is 0.357 e. The Morgan fingerprint density at radius 2 is 2.31 bits per heavy atom. The fourth-order valence-corrected chi connectivity index (χ4v) is 1.39. The number of hydrogen-bond donors (Lipinski definition) is 0. The molecule has 0 saturated carbocycles. The van der Waals surface area contributed by atoms with Gasteiger partial charge in [0.25, 0.3) is 0 Å². The molecule has 88 valence electrons. The summed E-state index contributed by atoms with van der Waals surface area (Å²) in [5, 5.41) is 0. The van der Waals surface area contributed by atoms with Gasteiger partial charge in [0, 0.05) is 0 Å². The van der Waals surface area contributed by atoms with E-state index in [0.717, 1.165) is 12.8 Å². The van der Waals surface area contributed by atoms with Crippen molar-refractivity contribution >= 4 is 5.97 Å². The Hall–Kier alpha value is -1.45. The molecule has 1 aromatic heterocycles. The molecule has 4 heteroatoms. The van der Waals surface area contributed by atoms with E-state index in [1.54, 1.807) is 0 Å². The maximum atomic E-state index is 12.7. The van der Waals surface area contributed by atoms with Gasteiger partial charge in [-0.25, -0.2) is 9.78 Å². The molecule has 0 N–H and O–H groups in total. The zero-order chi connectivity index (χ0) is 12.0. The fourth-order valence-electron chi connectivity index (χ4n) is 1.39. The van der Waals surface area contributed by atoms with Crippen LogP contribution in [0.25, 0.3) is 0 Å². The third-order valence-corrected chi connectivity index (χ3v) is 2.20. The van der Waals surface area contributed by atoms with Crippen LogP contribution < -0.4 is 0 Å². The lowest BCUT2D eigenvalue weighted by molar-refractivity contribution is 0.0435. The van der Waals surface area contributed by atoms with Gasteiger partial charge in [0.2, 0.25) is 5.95 Å². The van der Waals surface area contributed by atoms with E-state index in [2.05, 4.69) is 11.9 Å². The second kappa shape index (κ2) is 6.20. The van der Waals surface area contributed by atoms with E-state index < -0.39 is 11.9 Å². The number of carbonyl (C=O) groups excluding carboxylic acids is 1. The van der Waals surface area contributed by atoms with E-state index in [9.17, 15) is 9.18 Å². The Balaban J connectivity index is 2.47. The van der Waals surface area contributed by atoms with Crippen molar-refractivity contribution < 1.29 is 13.9 Å². The van der Waals surface area contributed by atoms with Gasteiger partial charge in [-0.3, -0.25) is 0 Å². The molecule has 0 fully saturated rings. The van der Waals surface area contributed by atoms with Crippen molar-refractivity contribution in [2.24, 2.45) is 5.92 Å². The Morgan fingerprint density at radius 3 is 2.94 bits per heavy atom. The molecule has 0 aliphatic rings. The first-order valence-electron chi connectivity index (χ1n) is 5.43. The van der Waals surface area contributed by atoms with Gasteiger partial charge in [-0.15, -0.1) is 0 Å². The van der Waals surface area contributed by atoms with Crippen LogP contribution in [0.3, 0.4) is 0 Å². The molecule has 0 aliphatic carbocycles. The second-order valence-corrected chi connectivity index (χ2v) is 3.84. The standard InChI is InChI=1S/C12H16FNO2/c1-3-5-9(2)8-16-12(15)10-6-4-7-11(13)14-10/h4,6-7,9H,3,5,8H2,1-2H3. The maximum absolute atomic E-state index is 12.7. The van der Waals surface area contributed by atoms with Gasteiger partial charge in [-0.2, -0.15) is 4.39 Å². The van der Waals surface area contributed by atoms with Crippen molar-refractivity contribution in [2.45, 2.75) is 26.7 Å². The minimum Gasteiger partial charge on any atom is -0.461 e. The number of nitrogens with zero attached hydrogens (tertiary/aromatic N) is 1. The third-order valence-electron chi connectivity index (χ3n) is 2.20. The zero-order valence-corrected chi connectivity index (χ0v) is 9.57. The van der Waals surface area contributed by atoms with Crippen LogP contribution in [-0.2, 0) is 4.74 Å². The summed E-state index contributed by atoms with van der Waals surface area (Å²) in [5.41, 5.74) is 0.0173. The highest BCUT2D eigenvalue weighted by Gasteiger charge is 2.11. The Kier molecular flexibility index (Phi) is 4.89. The number of ether oxygens (including phenoxy) is 1. The maximum Gasteiger partial charge on any atom is 0.357 e. The lowest BCUT2D eigenvalue weighted by atomic mass is 10.1. The van der Waals surface area contributed by atoms with E-state index in [-0.39, 0.29) is 5.69 Å². The van der Waals surface area contributed by atoms with Crippen molar-refractivity contribution in [2.75, 3.05) is 6.61 Å². The first-order valence-corrected chi connectivity index (χ1v) is 5.43. The average molecular weight is 225 g/mol. The molecule has 1 unspecified atom stereocenters.